The van der Waals surface area contributed by atoms with Gasteiger partial charge in [-0.25, -0.2) is 0 Å². The lowest BCUT2D eigenvalue weighted by molar-refractivity contribution is 0.101. The number of rotatable bonds is 5. The third-order valence-electron chi connectivity index (χ3n) is 4.37. The van der Waals surface area contributed by atoms with Gasteiger partial charge in [-0.2, -0.15) is 0 Å². The Hall–Kier alpha value is -1.10. The molecule has 1 saturated heterocycles. The fraction of sp³-hybridized carbons (Fsp3) is 0.625. The van der Waals surface area contributed by atoms with Crippen LogP contribution in [0.25, 0.3) is 0 Å². The Bertz CT molecular complexity index is 424. The van der Waals surface area contributed by atoms with Crippen LogP contribution in [0.4, 0.5) is 0 Å². The first-order valence-corrected chi connectivity index (χ1v) is 7.40. The number of benzene rings is 1. The molecule has 0 bridgehead atoms. The number of hydrogen-bond donors (Lipinski definition) is 1. The summed E-state index contributed by atoms with van der Waals surface area (Å²) in [6.07, 6.45) is 2.52. The van der Waals surface area contributed by atoms with Crippen molar-refractivity contribution < 1.29 is 4.74 Å². The van der Waals surface area contributed by atoms with Gasteiger partial charge in [-0.3, -0.25) is 4.90 Å². The third-order valence-corrected chi connectivity index (χ3v) is 4.37. The fourth-order valence-electron chi connectivity index (χ4n) is 3.11. The van der Waals surface area contributed by atoms with E-state index < -0.39 is 0 Å². The fourth-order valence-corrected chi connectivity index (χ4v) is 3.11. The van der Waals surface area contributed by atoms with Gasteiger partial charge in [0, 0.05) is 25.2 Å². The molecule has 0 amide bonds. The van der Waals surface area contributed by atoms with Crippen molar-refractivity contribution in [3.05, 3.63) is 29.8 Å². The molecule has 1 fully saturated rings. The van der Waals surface area contributed by atoms with E-state index in [0.29, 0.717) is 12.6 Å². The highest BCUT2D eigenvalue weighted by Crippen LogP contribution is 2.26. The van der Waals surface area contributed by atoms with Crippen LogP contribution in [0.5, 0.6) is 5.75 Å². The van der Waals surface area contributed by atoms with Crippen LogP contribution in [0.15, 0.2) is 24.3 Å². The summed E-state index contributed by atoms with van der Waals surface area (Å²) in [4.78, 5) is 4.84. The molecular formula is C16H27N3O. The Kier molecular flexibility index (Phi) is 5.40. The van der Waals surface area contributed by atoms with Gasteiger partial charge < -0.3 is 15.4 Å². The van der Waals surface area contributed by atoms with E-state index in [0.717, 1.165) is 12.3 Å². The number of hydrogen-bond acceptors (Lipinski definition) is 4. The zero-order valence-corrected chi connectivity index (χ0v) is 12.9. The average molecular weight is 277 g/mol. The highest BCUT2D eigenvalue weighted by molar-refractivity contribution is 5.30. The van der Waals surface area contributed by atoms with Gasteiger partial charge in [-0.05, 0) is 51.2 Å². The number of likely N-dealkylation sites (tertiary alicyclic amines) is 1. The number of nitrogens with zero attached hydrogens (tertiary/aromatic N) is 2. The predicted octanol–water partition coefficient (Wildman–Crippen LogP) is 1.72. The van der Waals surface area contributed by atoms with Crippen LogP contribution >= 0.6 is 0 Å². The van der Waals surface area contributed by atoms with Gasteiger partial charge >= 0.3 is 0 Å². The van der Waals surface area contributed by atoms with E-state index >= 15 is 0 Å². The number of ether oxygens (including phenoxy) is 1. The minimum absolute atomic E-state index is 0.251. The summed E-state index contributed by atoms with van der Waals surface area (Å²) >= 11 is 0. The molecule has 1 aromatic carbocycles. The van der Waals surface area contributed by atoms with Crippen molar-refractivity contribution in [2.75, 3.05) is 40.8 Å². The Labute approximate surface area is 122 Å². The van der Waals surface area contributed by atoms with Crippen LogP contribution in [-0.2, 0) is 0 Å². The molecule has 1 aliphatic heterocycles. The quantitative estimate of drug-likeness (QED) is 0.890. The second-order valence-electron chi connectivity index (χ2n) is 5.75. The standard InChI is InChI=1S/C16H27N3O/c1-18-9-5-7-14(12-18)19(2)16(11-17)13-6-4-8-15(10-13)20-3/h4,6,8,10,14,16H,5,7,9,11-12,17H2,1-3H3. The first-order chi connectivity index (χ1) is 9.65. The summed E-state index contributed by atoms with van der Waals surface area (Å²) in [5.74, 6) is 0.898. The highest BCUT2D eigenvalue weighted by Gasteiger charge is 2.26. The van der Waals surface area contributed by atoms with Gasteiger partial charge in [0.2, 0.25) is 0 Å². The molecule has 0 aromatic heterocycles. The minimum Gasteiger partial charge on any atom is -0.497 e. The van der Waals surface area contributed by atoms with E-state index in [9.17, 15) is 0 Å². The maximum atomic E-state index is 6.04. The Morgan fingerprint density at radius 3 is 2.95 bits per heavy atom. The molecule has 0 radical (unpaired) electrons. The van der Waals surface area contributed by atoms with Crippen LogP contribution in [0.1, 0.15) is 24.4 Å². The molecule has 2 rings (SSSR count). The average Bonchev–Trinajstić information content (AvgIpc) is 2.48. The van der Waals surface area contributed by atoms with Crippen LogP contribution in [0, 0.1) is 0 Å². The first kappa shape index (κ1) is 15.3. The summed E-state index contributed by atoms with van der Waals surface area (Å²) in [6.45, 7) is 2.96. The molecule has 2 unspecified atom stereocenters. The summed E-state index contributed by atoms with van der Waals surface area (Å²) in [5, 5.41) is 0. The minimum atomic E-state index is 0.251. The van der Waals surface area contributed by atoms with Gasteiger partial charge in [0.15, 0.2) is 0 Å². The van der Waals surface area contributed by atoms with Crippen molar-refractivity contribution in [3.8, 4) is 5.75 Å². The van der Waals surface area contributed by atoms with Crippen LogP contribution in [-0.4, -0.2) is 56.7 Å². The maximum absolute atomic E-state index is 6.04. The number of piperidine rings is 1. The second-order valence-corrected chi connectivity index (χ2v) is 5.75. The lowest BCUT2D eigenvalue weighted by atomic mass is 9.99. The van der Waals surface area contributed by atoms with E-state index in [4.69, 9.17) is 10.5 Å². The summed E-state index contributed by atoms with van der Waals surface area (Å²) in [7, 11) is 6.10. The molecule has 0 saturated carbocycles. The molecule has 1 heterocycles. The zero-order valence-electron chi connectivity index (χ0n) is 12.9. The molecule has 1 aliphatic rings. The van der Waals surface area contributed by atoms with Crippen LogP contribution < -0.4 is 10.5 Å². The SMILES string of the molecule is COc1cccc(C(CN)N(C)C2CCCN(C)C2)c1. The molecule has 4 nitrogen and oxygen atoms in total. The lowest BCUT2D eigenvalue weighted by Crippen LogP contribution is -2.47. The summed E-state index contributed by atoms with van der Waals surface area (Å²) in [6, 6.07) is 9.09. The van der Waals surface area contributed by atoms with Crippen LogP contribution in [0.2, 0.25) is 0 Å². The Morgan fingerprint density at radius 1 is 1.50 bits per heavy atom. The molecule has 2 N–H and O–H groups in total. The second kappa shape index (κ2) is 7.07. The topological polar surface area (TPSA) is 41.7 Å². The van der Waals surface area contributed by atoms with Crippen molar-refractivity contribution in [2.24, 2.45) is 5.73 Å². The van der Waals surface area contributed by atoms with Gasteiger partial charge in [0.25, 0.3) is 0 Å². The van der Waals surface area contributed by atoms with Crippen molar-refractivity contribution in [2.45, 2.75) is 24.9 Å². The monoisotopic (exact) mass is 277 g/mol. The molecule has 1 aromatic rings. The molecule has 20 heavy (non-hydrogen) atoms. The summed E-state index contributed by atoms with van der Waals surface area (Å²) in [5.41, 5.74) is 7.28. The van der Waals surface area contributed by atoms with E-state index in [1.807, 2.05) is 12.1 Å². The Balaban J connectivity index is 2.13. The number of methoxy groups -OCH3 is 1. The largest absolute Gasteiger partial charge is 0.497 e. The van der Waals surface area contributed by atoms with Gasteiger partial charge in [0.1, 0.15) is 5.75 Å². The van der Waals surface area contributed by atoms with Crippen molar-refractivity contribution in [3.63, 3.8) is 0 Å². The zero-order chi connectivity index (χ0) is 14.5. The maximum Gasteiger partial charge on any atom is 0.119 e. The third kappa shape index (κ3) is 3.51. The highest BCUT2D eigenvalue weighted by atomic mass is 16.5. The molecule has 0 spiro atoms. The lowest BCUT2D eigenvalue weighted by Gasteiger charge is -2.40. The predicted molar refractivity (Wildman–Crippen MR) is 83.1 cm³/mol. The molecule has 4 heteroatoms. The first-order valence-electron chi connectivity index (χ1n) is 7.40. The smallest absolute Gasteiger partial charge is 0.119 e. The van der Waals surface area contributed by atoms with Gasteiger partial charge in [-0.1, -0.05) is 12.1 Å². The van der Waals surface area contributed by atoms with Crippen LogP contribution in [0.3, 0.4) is 0 Å². The molecular weight excluding hydrogens is 250 g/mol. The van der Waals surface area contributed by atoms with Gasteiger partial charge in [0.05, 0.1) is 7.11 Å². The molecule has 0 aliphatic carbocycles. The van der Waals surface area contributed by atoms with Crippen molar-refractivity contribution in [1.82, 2.24) is 9.80 Å². The van der Waals surface area contributed by atoms with Crippen molar-refractivity contribution >= 4 is 0 Å². The van der Waals surface area contributed by atoms with E-state index in [1.54, 1.807) is 7.11 Å². The van der Waals surface area contributed by atoms with E-state index in [2.05, 4.69) is 36.0 Å². The van der Waals surface area contributed by atoms with Gasteiger partial charge in [-0.15, -0.1) is 0 Å². The summed E-state index contributed by atoms with van der Waals surface area (Å²) < 4.78 is 5.32. The van der Waals surface area contributed by atoms with Crippen molar-refractivity contribution in [1.29, 1.82) is 0 Å². The normalized spacial score (nSPS) is 21.9. The van der Waals surface area contributed by atoms with E-state index in [1.165, 1.54) is 24.9 Å². The number of likely N-dealkylation sites (N-methyl/N-ethyl adjacent to an activating group) is 2. The Morgan fingerprint density at radius 2 is 2.30 bits per heavy atom. The van der Waals surface area contributed by atoms with E-state index in [-0.39, 0.29) is 6.04 Å². The molecule has 2 atom stereocenters. The molecule has 112 valence electrons. The number of nitrogens with two attached hydrogens (primary N) is 1.